The normalized spacial score (nSPS) is 14.9. The van der Waals surface area contributed by atoms with E-state index in [-0.39, 0.29) is 5.91 Å². The van der Waals surface area contributed by atoms with Gasteiger partial charge in [-0.2, -0.15) is 0 Å². The van der Waals surface area contributed by atoms with Crippen LogP contribution >= 0.6 is 0 Å². The average molecular weight is 438 g/mol. The lowest BCUT2D eigenvalue weighted by molar-refractivity contribution is -0.122. The SMILES string of the molecule is COc1ccc(CCNC(=O)CN2CCCN(c3nc4ccccc4[nH]3)CC2)cc1OC. The lowest BCUT2D eigenvalue weighted by Crippen LogP contribution is -2.40. The summed E-state index contributed by atoms with van der Waals surface area (Å²) < 4.78 is 10.6. The zero-order valence-corrected chi connectivity index (χ0v) is 18.8. The summed E-state index contributed by atoms with van der Waals surface area (Å²) in [6.07, 6.45) is 1.74. The molecule has 0 atom stereocenters. The smallest absolute Gasteiger partial charge is 0.234 e. The fourth-order valence-electron chi connectivity index (χ4n) is 4.07. The average Bonchev–Trinajstić information content (AvgIpc) is 3.11. The van der Waals surface area contributed by atoms with Crippen LogP contribution in [0.3, 0.4) is 0 Å². The van der Waals surface area contributed by atoms with Gasteiger partial charge in [-0.15, -0.1) is 0 Å². The summed E-state index contributed by atoms with van der Waals surface area (Å²) in [7, 11) is 3.25. The lowest BCUT2D eigenvalue weighted by atomic mass is 10.1. The molecule has 3 aromatic rings. The molecule has 2 aromatic carbocycles. The highest BCUT2D eigenvalue weighted by Crippen LogP contribution is 2.27. The molecule has 0 aliphatic carbocycles. The fourth-order valence-corrected chi connectivity index (χ4v) is 4.07. The number of nitrogens with zero attached hydrogens (tertiary/aromatic N) is 3. The van der Waals surface area contributed by atoms with Crippen LogP contribution in [0.5, 0.6) is 11.5 Å². The van der Waals surface area contributed by atoms with Crippen LogP contribution in [-0.2, 0) is 11.2 Å². The fraction of sp³-hybridized carbons (Fsp3) is 0.417. The van der Waals surface area contributed by atoms with Crippen molar-refractivity contribution in [3.63, 3.8) is 0 Å². The highest BCUT2D eigenvalue weighted by atomic mass is 16.5. The number of aromatic amines is 1. The first-order chi connectivity index (χ1) is 15.7. The van der Waals surface area contributed by atoms with Crippen LogP contribution < -0.4 is 19.7 Å². The molecule has 2 heterocycles. The molecule has 1 aliphatic rings. The number of para-hydroxylation sites is 2. The van der Waals surface area contributed by atoms with Crippen LogP contribution in [0.25, 0.3) is 11.0 Å². The summed E-state index contributed by atoms with van der Waals surface area (Å²) in [5.74, 6) is 2.38. The number of amides is 1. The van der Waals surface area contributed by atoms with Gasteiger partial charge in [-0.25, -0.2) is 4.98 Å². The zero-order chi connectivity index (χ0) is 22.3. The topological polar surface area (TPSA) is 82.7 Å². The number of methoxy groups -OCH3 is 2. The number of carbonyl (C=O) groups is 1. The highest BCUT2D eigenvalue weighted by Gasteiger charge is 2.19. The van der Waals surface area contributed by atoms with E-state index in [0.29, 0.717) is 24.6 Å². The molecule has 0 bridgehead atoms. The lowest BCUT2D eigenvalue weighted by Gasteiger charge is -2.21. The molecule has 0 unspecified atom stereocenters. The van der Waals surface area contributed by atoms with Gasteiger partial charge < -0.3 is 24.7 Å². The van der Waals surface area contributed by atoms with Crippen molar-refractivity contribution >= 4 is 22.9 Å². The maximum absolute atomic E-state index is 12.5. The van der Waals surface area contributed by atoms with E-state index in [4.69, 9.17) is 14.5 Å². The third-order valence-electron chi connectivity index (χ3n) is 5.82. The summed E-state index contributed by atoms with van der Waals surface area (Å²) in [4.78, 5) is 25.1. The molecule has 0 spiro atoms. The second kappa shape index (κ2) is 10.4. The van der Waals surface area contributed by atoms with Crippen LogP contribution in [0, 0.1) is 0 Å². The number of nitrogens with one attached hydrogen (secondary N) is 2. The van der Waals surface area contributed by atoms with Crippen LogP contribution in [0.15, 0.2) is 42.5 Å². The second-order valence-electron chi connectivity index (χ2n) is 7.98. The maximum Gasteiger partial charge on any atom is 0.234 e. The predicted octanol–water partition coefficient (Wildman–Crippen LogP) is 2.45. The van der Waals surface area contributed by atoms with E-state index in [1.54, 1.807) is 14.2 Å². The molecule has 4 rings (SSSR count). The summed E-state index contributed by atoms with van der Waals surface area (Å²) in [5, 5.41) is 3.04. The number of ether oxygens (including phenoxy) is 2. The minimum absolute atomic E-state index is 0.0580. The molecule has 0 radical (unpaired) electrons. The van der Waals surface area contributed by atoms with Gasteiger partial charge >= 0.3 is 0 Å². The Morgan fingerprint density at radius 1 is 1.06 bits per heavy atom. The Hall–Kier alpha value is -3.26. The minimum Gasteiger partial charge on any atom is -0.493 e. The Kier molecular flexibility index (Phi) is 7.11. The van der Waals surface area contributed by atoms with Gasteiger partial charge in [0.1, 0.15) is 0 Å². The maximum atomic E-state index is 12.5. The van der Waals surface area contributed by atoms with E-state index in [1.165, 1.54) is 0 Å². The van der Waals surface area contributed by atoms with Gasteiger partial charge in [0.15, 0.2) is 11.5 Å². The van der Waals surface area contributed by atoms with E-state index >= 15 is 0 Å². The summed E-state index contributed by atoms with van der Waals surface area (Å²) in [6.45, 7) is 4.52. The van der Waals surface area contributed by atoms with Gasteiger partial charge in [0.25, 0.3) is 0 Å². The first kappa shape index (κ1) is 22.0. The number of carbonyl (C=O) groups excluding carboxylic acids is 1. The largest absolute Gasteiger partial charge is 0.493 e. The van der Waals surface area contributed by atoms with Gasteiger partial charge in [0, 0.05) is 32.7 Å². The van der Waals surface area contributed by atoms with Crippen molar-refractivity contribution in [2.45, 2.75) is 12.8 Å². The summed E-state index contributed by atoms with van der Waals surface area (Å²) in [6, 6.07) is 13.9. The van der Waals surface area contributed by atoms with E-state index in [2.05, 4.69) is 20.1 Å². The van der Waals surface area contributed by atoms with Crippen molar-refractivity contribution in [3.05, 3.63) is 48.0 Å². The number of hydrogen-bond donors (Lipinski definition) is 2. The van der Waals surface area contributed by atoms with Crippen LogP contribution in [0.4, 0.5) is 5.95 Å². The second-order valence-corrected chi connectivity index (χ2v) is 7.98. The molecule has 2 N–H and O–H groups in total. The van der Waals surface area contributed by atoms with Gasteiger partial charge in [-0.3, -0.25) is 9.69 Å². The van der Waals surface area contributed by atoms with Crippen molar-refractivity contribution in [1.29, 1.82) is 0 Å². The first-order valence-electron chi connectivity index (χ1n) is 11.1. The summed E-state index contributed by atoms with van der Waals surface area (Å²) >= 11 is 0. The summed E-state index contributed by atoms with van der Waals surface area (Å²) in [5.41, 5.74) is 3.13. The Morgan fingerprint density at radius 3 is 2.72 bits per heavy atom. The third kappa shape index (κ3) is 5.31. The van der Waals surface area contributed by atoms with Crippen molar-refractivity contribution in [2.75, 3.05) is 58.4 Å². The van der Waals surface area contributed by atoms with E-state index < -0.39 is 0 Å². The zero-order valence-electron chi connectivity index (χ0n) is 18.8. The quantitative estimate of drug-likeness (QED) is 0.563. The molecule has 8 nitrogen and oxygen atoms in total. The van der Waals surface area contributed by atoms with Crippen molar-refractivity contribution < 1.29 is 14.3 Å². The number of aromatic nitrogens is 2. The van der Waals surface area contributed by atoms with Crippen molar-refractivity contribution in [3.8, 4) is 11.5 Å². The van der Waals surface area contributed by atoms with Gasteiger partial charge in [-0.1, -0.05) is 18.2 Å². The Morgan fingerprint density at radius 2 is 1.91 bits per heavy atom. The Balaban J connectivity index is 1.23. The number of benzene rings is 2. The molecule has 1 amide bonds. The number of hydrogen-bond acceptors (Lipinski definition) is 6. The molecule has 32 heavy (non-hydrogen) atoms. The Labute approximate surface area is 188 Å². The number of rotatable bonds is 8. The third-order valence-corrected chi connectivity index (χ3v) is 5.82. The van der Waals surface area contributed by atoms with Gasteiger partial charge in [-0.05, 0) is 42.7 Å². The van der Waals surface area contributed by atoms with E-state index in [1.807, 2.05) is 42.5 Å². The highest BCUT2D eigenvalue weighted by molar-refractivity contribution is 5.78. The van der Waals surface area contributed by atoms with Crippen molar-refractivity contribution in [1.82, 2.24) is 20.2 Å². The van der Waals surface area contributed by atoms with Crippen LogP contribution in [0.1, 0.15) is 12.0 Å². The first-order valence-corrected chi connectivity index (χ1v) is 11.1. The molecule has 170 valence electrons. The Bertz CT molecular complexity index is 1020. The standard InChI is InChI=1S/C24H31N5O3/c1-31-21-9-8-18(16-22(21)32-2)10-11-25-23(30)17-28-12-5-13-29(15-14-28)24-26-19-6-3-4-7-20(19)27-24/h3-4,6-9,16H,5,10-15,17H2,1-2H3,(H,25,30)(H,26,27). The number of imidazole rings is 1. The predicted molar refractivity (Wildman–Crippen MR) is 126 cm³/mol. The molecule has 1 fully saturated rings. The minimum atomic E-state index is 0.0580. The monoisotopic (exact) mass is 437 g/mol. The van der Waals surface area contributed by atoms with Gasteiger partial charge in [0.2, 0.25) is 11.9 Å². The van der Waals surface area contributed by atoms with E-state index in [9.17, 15) is 4.79 Å². The van der Waals surface area contributed by atoms with Gasteiger partial charge in [0.05, 0.1) is 31.8 Å². The number of anilines is 1. The molecular weight excluding hydrogens is 406 g/mol. The molecule has 1 aliphatic heterocycles. The van der Waals surface area contributed by atoms with Crippen molar-refractivity contribution in [2.24, 2.45) is 0 Å². The molecule has 1 aromatic heterocycles. The number of H-pyrrole nitrogens is 1. The molecule has 1 saturated heterocycles. The van der Waals surface area contributed by atoms with Crippen LogP contribution in [0.2, 0.25) is 0 Å². The molecular formula is C24H31N5O3. The number of fused-ring (bicyclic) bond motifs is 1. The van der Waals surface area contributed by atoms with Crippen LogP contribution in [-0.4, -0.2) is 74.3 Å². The molecule has 8 heteroatoms. The molecule has 0 saturated carbocycles. The van der Waals surface area contributed by atoms with E-state index in [0.717, 1.165) is 61.6 Å².